The first-order valence-electron chi connectivity index (χ1n) is 11.7. The van der Waals surface area contributed by atoms with Crippen molar-refractivity contribution in [1.29, 1.82) is 0 Å². The second-order valence-electron chi connectivity index (χ2n) is 8.79. The van der Waals surface area contributed by atoms with Crippen molar-refractivity contribution in [2.24, 2.45) is 0 Å². The Bertz CT molecular complexity index is 1600. The van der Waals surface area contributed by atoms with Gasteiger partial charge in [-0.1, -0.05) is 97.1 Å². The number of aromatic nitrogens is 1. The number of rotatable bonds is 4. The van der Waals surface area contributed by atoms with Gasteiger partial charge in [-0.15, -0.1) is 9.24 Å². The normalized spacial score (nSPS) is 11.0. The summed E-state index contributed by atoms with van der Waals surface area (Å²) in [5.41, 5.74) is 9.76. The van der Waals surface area contributed by atoms with Crippen LogP contribution in [0.4, 0.5) is 0 Å². The van der Waals surface area contributed by atoms with Crippen molar-refractivity contribution in [1.82, 2.24) is 4.98 Å². The molecule has 0 spiro atoms. The van der Waals surface area contributed by atoms with E-state index in [2.05, 4.69) is 123 Å². The van der Waals surface area contributed by atoms with Crippen molar-refractivity contribution < 1.29 is 0 Å². The van der Waals surface area contributed by atoms with E-state index in [0.29, 0.717) is 0 Å². The van der Waals surface area contributed by atoms with E-state index in [1.165, 1.54) is 60.6 Å². The second kappa shape index (κ2) is 9.29. The van der Waals surface area contributed by atoms with Crippen molar-refractivity contribution in [3.05, 3.63) is 134 Å². The highest BCUT2D eigenvalue weighted by Crippen LogP contribution is 2.31. The van der Waals surface area contributed by atoms with Gasteiger partial charge in [-0.3, -0.25) is 4.98 Å². The molecule has 35 heavy (non-hydrogen) atoms. The molecule has 0 radical (unpaired) electrons. The third-order valence-electron chi connectivity index (χ3n) is 6.53. The predicted molar refractivity (Wildman–Crippen MR) is 153 cm³/mol. The minimum absolute atomic E-state index is 1.18. The lowest BCUT2D eigenvalue weighted by Crippen LogP contribution is -1.88. The topological polar surface area (TPSA) is 12.9 Å². The molecule has 0 fully saturated rings. The standard InChI is InChI=1S/C33H24NP/c35-33-15-13-25(14-16-33)23-1-5-26(6-2-23)30-11-9-28-10-12-31(22-32(28)21-30)27-7-3-24(4-8-27)29-17-19-34-20-18-29/h1-22H,35H2. The van der Waals surface area contributed by atoms with Gasteiger partial charge in [-0.05, 0) is 84.9 Å². The Balaban J connectivity index is 1.30. The van der Waals surface area contributed by atoms with Crippen molar-refractivity contribution in [3.8, 4) is 44.5 Å². The molecule has 0 saturated heterocycles. The number of nitrogens with zero attached hydrogens (tertiary/aromatic N) is 1. The van der Waals surface area contributed by atoms with Gasteiger partial charge in [0, 0.05) is 12.4 Å². The lowest BCUT2D eigenvalue weighted by Gasteiger charge is -2.09. The van der Waals surface area contributed by atoms with Gasteiger partial charge >= 0.3 is 0 Å². The van der Waals surface area contributed by atoms with Crippen LogP contribution >= 0.6 is 9.24 Å². The van der Waals surface area contributed by atoms with Crippen LogP contribution in [0.2, 0.25) is 0 Å². The third-order valence-corrected chi connectivity index (χ3v) is 6.92. The fourth-order valence-electron chi connectivity index (χ4n) is 4.54. The minimum Gasteiger partial charge on any atom is -0.265 e. The summed E-state index contributed by atoms with van der Waals surface area (Å²) >= 11 is 0. The highest BCUT2D eigenvalue weighted by atomic mass is 31.0. The molecular weight excluding hydrogens is 441 g/mol. The van der Waals surface area contributed by atoms with Crippen LogP contribution < -0.4 is 5.30 Å². The summed E-state index contributed by atoms with van der Waals surface area (Å²) in [5, 5.41) is 3.70. The molecule has 0 aliphatic heterocycles. The Labute approximate surface area is 208 Å². The summed E-state index contributed by atoms with van der Waals surface area (Å²) in [4.78, 5) is 4.11. The fourth-order valence-corrected chi connectivity index (χ4v) is 4.73. The molecule has 166 valence electrons. The van der Waals surface area contributed by atoms with Crippen molar-refractivity contribution >= 4 is 25.3 Å². The molecule has 0 aliphatic carbocycles. The fraction of sp³-hybridized carbons (Fsp3) is 0. The lowest BCUT2D eigenvalue weighted by molar-refractivity contribution is 1.33. The molecule has 6 rings (SSSR count). The maximum atomic E-state index is 4.11. The average Bonchev–Trinajstić information content (AvgIpc) is 2.93. The summed E-state index contributed by atoms with van der Waals surface area (Å²) in [7, 11) is 2.74. The van der Waals surface area contributed by atoms with Gasteiger partial charge in [0.2, 0.25) is 0 Å². The first-order valence-corrected chi connectivity index (χ1v) is 12.3. The van der Waals surface area contributed by atoms with E-state index in [-0.39, 0.29) is 0 Å². The number of fused-ring (bicyclic) bond motifs is 1. The van der Waals surface area contributed by atoms with Gasteiger partial charge in [0.15, 0.2) is 0 Å². The summed E-state index contributed by atoms with van der Waals surface area (Å²) < 4.78 is 0. The Morgan fingerprint density at radius 3 is 1.14 bits per heavy atom. The third kappa shape index (κ3) is 4.52. The zero-order valence-electron chi connectivity index (χ0n) is 19.2. The number of hydrogen-bond donors (Lipinski definition) is 0. The van der Waals surface area contributed by atoms with Crippen molar-refractivity contribution in [3.63, 3.8) is 0 Å². The number of pyridine rings is 1. The van der Waals surface area contributed by atoms with E-state index in [9.17, 15) is 0 Å². The monoisotopic (exact) mass is 465 g/mol. The lowest BCUT2D eigenvalue weighted by atomic mass is 9.96. The molecule has 1 atom stereocenters. The molecule has 1 unspecified atom stereocenters. The van der Waals surface area contributed by atoms with Gasteiger partial charge in [0.25, 0.3) is 0 Å². The minimum atomic E-state index is 1.18. The van der Waals surface area contributed by atoms with Gasteiger partial charge in [-0.2, -0.15) is 0 Å². The van der Waals surface area contributed by atoms with Crippen molar-refractivity contribution in [2.75, 3.05) is 0 Å². The Morgan fingerprint density at radius 1 is 0.343 bits per heavy atom. The molecule has 5 aromatic carbocycles. The maximum absolute atomic E-state index is 4.11. The molecule has 0 saturated carbocycles. The van der Waals surface area contributed by atoms with Crippen LogP contribution in [0.15, 0.2) is 134 Å². The van der Waals surface area contributed by atoms with Crippen molar-refractivity contribution in [2.45, 2.75) is 0 Å². The molecule has 1 nitrogen and oxygen atoms in total. The largest absolute Gasteiger partial charge is 0.265 e. The van der Waals surface area contributed by atoms with E-state index in [1.807, 2.05) is 24.5 Å². The zero-order valence-corrected chi connectivity index (χ0v) is 20.4. The van der Waals surface area contributed by atoms with Gasteiger partial charge in [0.1, 0.15) is 0 Å². The second-order valence-corrected chi connectivity index (χ2v) is 9.46. The highest BCUT2D eigenvalue weighted by Gasteiger charge is 2.05. The molecule has 0 amide bonds. The van der Waals surface area contributed by atoms with E-state index in [0.717, 1.165) is 0 Å². The summed E-state index contributed by atoms with van der Waals surface area (Å²) in [6, 6.07) is 43.7. The van der Waals surface area contributed by atoms with Crippen LogP contribution in [0.5, 0.6) is 0 Å². The van der Waals surface area contributed by atoms with Crippen LogP contribution in [-0.2, 0) is 0 Å². The quantitative estimate of drug-likeness (QED) is 0.238. The van der Waals surface area contributed by atoms with Gasteiger partial charge < -0.3 is 0 Å². The van der Waals surface area contributed by atoms with E-state index in [1.54, 1.807) is 0 Å². The number of hydrogen-bond acceptors (Lipinski definition) is 1. The molecule has 1 aromatic heterocycles. The van der Waals surface area contributed by atoms with Gasteiger partial charge in [0.05, 0.1) is 0 Å². The molecular formula is C33H24NP. The Morgan fingerprint density at radius 2 is 0.686 bits per heavy atom. The van der Waals surface area contributed by atoms with Gasteiger partial charge in [-0.25, -0.2) is 0 Å². The predicted octanol–water partition coefficient (Wildman–Crippen LogP) is 8.40. The van der Waals surface area contributed by atoms with Crippen LogP contribution in [0.25, 0.3) is 55.3 Å². The van der Waals surface area contributed by atoms with E-state index >= 15 is 0 Å². The molecule has 0 aliphatic rings. The highest BCUT2D eigenvalue weighted by molar-refractivity contribution is 7.27. The van der Waals surface area contributed by atoms with Crippen LogP contribution in [-0.4, -0.2) is 4.98 Å². The number of benzene rings is 5. The first kappa shape index (κ1) is 21.5. The van der Waals surface area contributed by atoms with E-state index in [4.69, 9.17) is 0 Å². The smallest absolute Gasteiger partial charge is 0.0273 e. The molecule has 2 heteroatoms. The van der Waals surface area contributed by atoms with Crippen LogP contribution in [0, 0.1) is 0 Å². The summed E-state index contributed by atoms with van der Waals surface area (Å²) in [6.45, 7) is 0. The Hall–Kier alpha value is -4.06. The molecule has 6 aromatic rings. The summed E-state index contributed by atoms with van der Waals surface area (Å²) in [6.07, 6.45) is 3.67. The maximum Gasteiger partial charge on any atom is 0.0273 e. The zero-order chi connectivity index (χ0) is 23.6. The molecule has 0 bridgehead atoms. The SMILES string of the molecule is Pc1ccc(-c2ccc(-c3ccc4ccc(-c5ccc(-c6ccncc6)cc5)cc4c3)cc2)cc1. The summed E-state index contributed by atoms with van der Waals surface area (Å²) in [5.74, 6) is 0. The van der Waals surface area contributed by atoms with Crippen LogP contribution in [0.1, 0.15) is 0 Å². The molecule has 1 heterocycles. The Kier molecular flexibility index (Phi) is 5.70. The van der Waals surface area contributed by atoms with Crippen LogP contribution in [0.3, 0.4) is 0 Å². The first-order chi connectivity index (χ1) is 17.2. The van der Waals surface area contributed by atoms with E-state index < -0.39 is 0 Å². The average molecular weight is 466 g/mol. The molecule has 0 N–H and O–H groups in total.